The summed E-state index contributed by atoms with van der Waals surface area (Å²) in [6.45, 7) is 6.19. The van der Waals surface area contributed by atoms with Gasteiger partial charge in [0, 0.05) is 17.4 Å². The van der Waals surface area contributed by atoms with Gasteiger partial charge in [0.05, 0.1) is 0 Å². The van der Waals surface area contributed by atoms with Gasteiger partial charge >= 0.3 is 11.8 Å². The molecular weight excluding hydrogens is 300 g/mol. The second-order valence-electron chi connectivity index (χ2n) is 6.59. The molecule has 4 nitrogen and oxygen atoms in total. The predicted octanol–water partition coefficient (Wildman–Crippen LogP) is 3.73. The number of carbonyl (C=O) groups is 2. The number of amides is 2. The van der Waals surface area contributed by atoms with Crippen LogP contribution in [-0.2, 0) is 16.0 Å². The molecule has 0 radical (unpaired) electrons. The normalized spacial score (nSPS) is 16.2. The van der Waals surface area contributed by atoms with Gasteiger partial charge in [-0.2, -0.15) is 0 Å². The Morgan fingerprint density at radius 3 is 2.42 bits per heavy atom. The third-order valence-corrected chi connectivity index (χ3v) is 4.46. The average molecular weight is 322 g/mol. The Kier molecular flexibility index (Phi) is 4.38. The van der Waals surface area contributed by atoms with E-state index in [4.69, 9.17) is 0 Å². The Balaban J connectivity index is 1.74. The zero-order valence-electron chi connectivity index (χ0n) is 14.2. The maximum Gasteiger partial charge on any atom is 0.316 e. The average Bonchev–Trinajstić information content (AvgIpc) is 2.90. The van der Waals surface area contributed by atoms with E-state index in [0.717, 1.165) is 17.7 Å². The molecule has 1 heterocycles. The first kappa shape index (κ1) is 16.2. The quantitative estimate of drug-likeness (QED) is 0.857. The molecule has 0 fully saturated rings. The largest absolute Gasteiger partial charge is 0.318 e. The van der Waals surface area contributed by atoms with Crippen LogP contribution in [0.4, 0.5) is 11.4 Å². The van der Waals surface area contributed by atoms with E-state index in [9.17, 15) is 9.59 Å². The molecule has 1 unspecified atom stereocenters. The van der Waals surface area contributed by atoms with Crippen LogP contribution in [0.5, 0.6) is 0 Å². The van der Waals surface area contributed by atoms with Crippen molar-refractivity contribution in [2.75, 3.05) is 10.2 Å². The summed E-state index contributed by atoms with van der Waals surface area (Å²) in [5.41, 5.74) is 3.77. The molecule has 4 heteroatoms. The number of anilines is 2. The summed E-state index contributed by atoms with van der Waals surface area (Å²) in [7, 11) is 0. The van der Waals surface area contributed by atoms with Crippen molar-refractivity contribution in [3.05, 3.63) is 59.7 Å². The van der Waals surface area contributed by atoms with Gasteiger partial charge in [-0.15, -0.1) is 0 Å². The van der Waals surface area contributed by atoms with E-state index >= 15 is 0 Å². The highest BCUT2D eigenvalue weighted by atomic mass is 16.2. The summed E-state index contributed by atoms with van der Waals surface area (Å²) in [5, 5.41) is 2.71. The number of rotatable bonds is 2. The fraction of sp³-hybridized carbons (Fsp3) is 0.300. The lowest BCUT2D eigenvalue weighted by atomic mass is 10.0. The molecule has 0 aromatic heterocycles. The molecule has 0 saturated carbocycles. The first-order valence-corrected chi connectivity index (χ1v) is 8.29. The molecule has 0 spiro atoms. The topological polar surface area (TPSA) is 49.4 Å². The molecule has 124 valence electrons. The van der Waals surface area contributed by atoms with Crippen molar-refractivity contribution in [2.24, 2.45) is 0 Å². The van der Waals surface area contributed by atoms with Crippen LogP contribution in [0, 0.1) is 0 Å². The predicted molar refractivity (Wildman–Crippen MR) is 96.3 cm³/mol. The summed E-state index contributed by atoms with van der Waals surface area (Å²) in [6, 6.07) is 15.3. The molecule has 1 aliphatic heterocycles. The van der Waals surface area contributed by atoms with Crippen LogP contribution < -0.4 is 10.2 Å². The minimum absolute atomic E-state index is 0.0102. The molecule has 1 N–H and O–H groups in total. The van der Waals surface area contributed by atoms with Crippen molar-refractivity contribution < 1.29 is 9.59 Å². The van der Waals surface area contributed by atoms with Gasteiger partial charge < -0.3 is 10.2 Å². The Labute approximate surface area is 142 Å². The van der Waals surface area contributed by atoms with Crippen molar-refractivity contribution in [1.29, 1.82) is 0 Å². The summed E-state index contributed by atoms with van der Waals surface area (Å²) < 4.78 is 0. The van der Waals surface area contributed by atoms with Gasteiger partial charge in [-0.1, -0.05) is 44.2 Å². The minimum atomic E-state index is -0.601. The van der Waals surface area contributed by atoms with E-state index in [-0.39, 0.29) is 6.04 Å². The van der Waals surface area contributed by atoms with Gasteiger partial charge in [0.2, 0.25) is 0 Å². The third-order valence-electron chi connectivity index (χ3n) is 4.46. The summed E-state index contributed by atoms with van der Waals surface area (Å²) in [6.07, 6.45) is 0.776. The van der Waals surface area contributed by atoms with E-state index in [1.54, 1.807) is 4.90 Å². The highest BCUT2D eigenvalue weighted by molar-refractivity contribution is 6.44. The number of hydrogen-bond donors (Lipinski definition) is 1. The molecule has 0 aliphatic carbocycles. The Bertz CT molecular complexity index is 765. The maximum atomic E-state index is 12.6. The van der Waals surface area contributed by atoms with Gasteiger partial charge in [0.25, 0.3) is 0 Å². The molecule has 1 aliphatic rings. The summed E-state index contributed by atoms with van der Waals surface area (Å²) >= 11 is 0. The second-order valence-corrected chi connectivity index (χ2v) is 6.59. The number of nitrogens with zero attached hydrogens (tertiary/aromatic N) is 1. The fourth-order valence-corrected chi connectivity index (χ4v) is 3.12. The minimum Gasteiger partial charge on any atom is -0.318 e. The summed E-state index contributed by atoms with van der Waals surface area (Å²) in [4.78, 5) is 26.6. The monoisotopic (exact) mass is 322 g/mol. The van der Waals surface area contributed by atoms with E-state index in [2.05, 4.69) is 19.2 Å². The van der Waals surface area contributed by atoms with Gasteiger partial charge in [-0.3, -0.25) is 9.59 Å². The van der Waals surface area contributed by atoms with Crippen molar-refractivity contribution in [2.45, 2.75) is 39.2 Å². The fourth-order valence-electron chi connectivity index (χ4n) is 3.12. The lowest BCUT2D eigenvalue weighted by molar-refractivity contribution is -0.134. The van der Waals surface area contributed by atoms with Crippen LogP contribution in [-0.4, -0.2) is 17.9 Å². The maximum absolute atomic E-state index is 12.6. The van der Waals surface area contributed by atoms with E-state index < -0.39 is 11.8 Å². The van der Waals surface area contributed by atoms with Gasteiger partial charge in [-0.05, 0) is 48.6 Å². The van der Waals surface area contributed by atoms with Gasteiger partial charge in [-0.25, -0.2) is 0 Å². The molecular formula is C20H22N2O2. The molecule has 2 aromatic carbocycles. The molecule has 24 heavy (non-hydrogen) atoms. The number of benzene rings is 2. The number of fused-ring (bicyclic) bond motifs is 1. The van der Waals surface area contributed by atoms with Crippen molar-refractivity contribution in [3.8, 4) is 0 Å². The van der Waals surface area contributed by atoms with Crippen LogP contribution in [0.25, 0.3) is 0 Å². The second kappa shape index (κ2) is 6.48. The first-order valence-electron chi connectivity index (χ1n) is 8.29. The van der Waals surface area contributed by atoms with Crippen LogP contribution in [0.2, 0.25) is 0 Å². The van der Waals surface area contributed by atoms with Crippen LogP contribution in [0.1, 0.15) is 37.8 Å². The number of hydrogen-bond acceptors (Lipinski definition) is 2. The molecule has 2 aromatic rings. The Morgan fingerprint density at radius 1 is 1.08 bits per heavy atom. The van der Waals surface area contributed by atoms with Gasteiger partial charge in [0.1, 0.15) is 0 Å². The van der Waals surface area contributed by atoms with Crippen molar-refractivity contribution in [3.63, 3.8) is 0 Å². The molecule has 1 atom stereocenters. The van der Waals surface area contributed by atoms with E-state index in [1.165, 1.54) is 5.56 Å². The van der Waals surface area contributed by atoms with Gasteiger partial charge in [0.15, 0.2) is 0 Å². The van der Waals surface area contributed by atoms with Crippen LogP contribution >= 0.6 is 0 Å². The molecule has 0 saturated heterocycles. The highest BCUT2D eigenvalue weighted by Crippen LogP contribution is 2.32. The number of para-hydroxylation sites is 1. The van der Waals surface area contributed by atoms with Crippen LogP contribution in [0.3, 0.4) is 0 Å². The van der Waals surface area contributed by atoms with E-state index in [0.29, 0.717) is 11.6 Å². The smallest absolute Gasteiger partial charge is 0.316 e. The highest BCUT2D eigenvalue weighted by Gasteiger charge is 2.34. The van der Waals surface area contributed by atoms with Crippen molar-refractivity contribution >= 4 is 23.2 Å². The Hall–Kier alpha value is -2.62. The Morgan fingerprint density at radius 2 is 1.75 bits per heavy atom. The SMILES string of the molecule is CC(C)c1ccc(NC(=O)C(=O)N2c3ccccc3CC2C)cc1. The zero-order chi connectivity index (χ0) is 17.3. The molecule has 2 amide bonds. The lowest BCUT2D eigenvalue weighted by Crippen LogP contribution is -2.43. The first-order chi connectivity index (χ1) is 11.5. The molecule has 3 rings (SSSR count). The number of nitrogens with one attached hydrogen (secondary N) is 1. The number of carbonyl (C=O) groups excluding carboxylic acids is 2. The standard InChI is InChI=1S/C20H22N2O2/c1-13(2)15-8-10-17(11-9-15)21-19(23)20(24)22-14(3)12-16-6-4-5-7-18(16)22/h4-11,13-14H,12H2,1-3H3,(H,21,23). The lowest BCUT2D eigenvalue weighted by Gasteiger charge is -2.22. The summed E-state index contributed by atoms with van der Waals surface area (Å²) in [5.74, 6) is -0.686. The van der Waals surface area contributed by atoms with Crippen molar-refractivity contribution in [1.82, 2.24) is 0 Å². The van der Waals surface area contributed by atoms with E-state index in [1.807, 2.05) is 55.5 Å². The molecule has 0 bridgehead atoms. The van der Waals surface area contributed by atoms with Crippen LogP contribution in [0.15, 0.2) is 48.5 Å². The zero-order valence-corrected chi connectivity index (χ0v) is 14.2. The third kappa shape index (κ3) is 3.04.